The van der Waals surface area contributed by atoms with Crippen LogP contribution in [0.15, 0.2) is 84.9 Å². The van der Waals surface area contributed by atoms with E-state index in [0.717, 1.165) is 34.1 Å². The monoisotopic (exact) mass is 958 g/mol. The maximum atomic E-state index is 5.64. The van der Waals surface area contributed by atoms with Crippen LogP contribution in [0.25, 0.3) is 62.6 Å². The van der Waals surface area contributed by atoms with Gasteiger partial charge in [0.2, 0.25) is 0 Å². The largest absolute Gasteiger partial charge is 0.493 e. The average Bonchev–Trinajstić information content (AvgIpc) is 3.94. The van der Waals surface area contributed by atoms with E-state index in [1.165, 1.54) is 68.4 Å². The van der Waals surface area contributed by atoms with E-state index in [1.807, 2.05) is 34.8 Å². The summed E-state index contributed by atoms with van der Waals surface area (Å²) in [6.45, 7) is 4.45. The lowest BCUT2D eigenvalue weighted by atomic mass is 9.93. The van der Waals surface area contributed by atoms with Gasteiger partial charge in [-0.2, -0.15) is 0 Å². The lowest BCUT2D eigenvalue weighted by Crippen LogP contribution is -1.90. The SMILES string of the molecule is COc1ccc(-c2ccc(-c3cc(-c4sc(I)cc4C)c(-c4ccc(-c5ccc(OC)c(OC)c5)s4)cc3-c3sc(I)cc3C)s2)cc1OC. The van der Waals surface area contributed by atoms with Crippen LogP contribution in [-0.4, -0.2) is 28.4 Å². The summed E-state index contributed by atoms with van der Waals surface area (Å²) in [5.74, 6) is 2.90. The molecule has 7 aromatic rings. The summed E-state index contributed by atoms with van der Waals surface area (Å²) < 4.78 is 24.8. The first kappa shape index (κ1) is 35.5. The molecule has 0 bridgehead atoms. The second-order valence-electron chi connectivity index (χ2n) is 11.5. The standard InChI is InChI=1S/C40H32I2O4S4/c1-21-15-37(41)49-39(21)27-19-26(36-14-12-34(48-36)24-8-10-30(44-4)32(18-24)46-6)28(40-22(2)16-38(42)50-40)20-25(27)35-13-11-33(47-35)23-7-9-29(43-3)31(17-23)45-5/h7-20H,1-6H3. The minimum absolute atomic E-state index is 0.724. The molecule has 3 aromatic carbocycles. The highest BCUT2D eigenvalue weighted by atomic mass is 127. The summed E-state index contributed by atoms with van der Waals surface area (Å²) in [7, 11) is 6.70. The molecule has 0 atom stereocenters. The Bertz CT molecular complexity index is 2180. The van der Waals surface area contributed by atoms with Crippen molar-refractivity contribution in [2.24, 2.45) is 0 Å². The van der Waals surface area contributed by atoms with Crippen LogP contribution in [0.4, 0.5) is 0 Å². The van der Waals surface area contributed by atoms with Gasteiger partial charge in [-0.25, -0.2) is 0 Å². The van der Waals surface area contributed by atoms with Gasteiger partial charge in [-0.1, -0.05) is 0 Å². The molecule has 254 valence electrons. The van der Waals surface area contributed by atoms with E-state index in [0.29, 0.717) is 0 Å². The van der Waals surface area contributed by atoms with Crippen LogP contribution in [-0.2, 0) is 0 Å². The Morgan fingerprint density at radius 2 is 0.780 bits per heavy atom. The molecule has 50 heavy (non-hydrogen) atoms. The number of hydrogen-bond donors (Lipinski definition) is 0. The zero-order valence-electron chi connectivity index (χ0n) is 28.1. The molecule has 10 heteroatoms. The van der Waals surface area contributed by atoms with E-state index in [1.54, 1.807) is 51.1 Å². The second-order valence-corrected chi connectivity index (χ2v) is 19.6. The van der Waals surface area contributed by atoms with E-state index in [9.17, 15) is 0 Å². The van der Waals surface area contributed by atoms with Gasteiger partial charge >= 0.3 is 0 Å². The Balaban J connectivity index is 1.43. The van der Waals surface area contributed by atoms with Crippen molar-refractivity contribution in [1.82, 2.24) is 0 Å². The number of halogens is 2. The number of methoxy groups -OCH3 is 4. The quantitative estimate of drug-likeness (QED) is 0.128. The molecule has 0 unspecified atom stereocenters. The molecule has 0 aliphatic carbocycles. The van der Waals surface area contributed by atoms with Crippen molar-refractivity contribution in [3.8, 4) is 85.6 Å². The summed E-state index contributed by atoms with van der Waals surface area (Å²) in [5, 5.41) is 0. The van der Waals surface area contributed by atoms with Gasteiger partial charge < -0.3 is 18.9 Å². The molecular formula is C40H32I2O4S4. The smallest absolute Gasteiger partial charge is 0.161 e. The lowest BCUT2D eigenvalue weighted by Gasteiger charge is -2.16. The van der Waals surface area contributed by atoms with Crippen LogP contribution < -0.4 is 18.9 Å². The first-order valence-corrected chi connectivity index (χ1v) is 21.0. The average molecular weight is 959 g/mol. The number of ether oxygens (including phenoxy) is 4. The molecule has 0 fully saturated rings. The molecule has 4 heterocycles. The van der Waals surface area contributed by atoms with E-state index in [2.05, 4.69) is 132 Å². The highest BCUT2D eigenvalue weighted by molar-refractivity contribution is 14.1. The fraction of sp³-hybridized carbons (Fsp3) is 0.150. The maximum Gasteiger partial charge on any atom is 0.161 e. The summed E-state index contributed by atoms with van der Waals surface area (Å²) in [5.41, 5.74) is 9.75. The highest BCUT2D eigenvalue weighted by Crippen LogP contribution is 2.51. The van der Waals surface area contributed by atoms with E-state index < -0.39 is 0 Å². The number of hydrogen-bond acceptors (Lipinski definition) is 8. The summed E-state index contributed by atoms with van der Waals surface area (Å²) >= 11 is 12.2. The molecule has 0 spiro atoms. The minimum atomic E-state index is 0.724. The van der Waals surface area contributed by atoms with Crippen molar-refractivity contribution >= 4 is 90.5 Å². The van der Waals surface area contributed by atoms with Crippen LogP contribution in [0.5, 0.6) is 23.0 Å². The van der Waals surface area contributed by atoms with Gasteiger partial charge in [-0.15, -0.1) is 45.3 Å². The zero-order chi connectivity index (χ0) is 35.1. The van der Waals surface area contributed by atoms with Gasteiger partial charge in [0.25, 0.3) is 0 Å². The van der Waals surface area contributed by atoms with Gasteiger partial charge in [0.05, 0.1) is 34.2 Å². The molecule has 0 saturated heterocycles. The zero-order valence-corrected chi connectivity index (χ0v) is 35.7. The first-order chi connectivity index (χ1) is 24.2. The summed E-state index contributed by atoms with van der Waals surface area (Å²) in [6.07, 6.45) is 0. The number of aryl methyl sites for hydroxylation is 2. The number of thiophene rings is 4. The lowest BCUT2D eigenvalue weighted by molar-refractivity contribution is 0.355. The molecule has 0 radical (unpaired) electrons. The summed E-state index contributed by atoms with van der Waals surface area (Å²) in [6, 6.07) is 30.7. The third-order valence-electron chi connectivity index (χ3n) is 8.50. The van der Waals surface area contributed by atoms with Crippen molar-refractivity contribution in [3.63, 3.8) is 0 Å². The van der Waals surface area contributed by atoms with Gasteiger partial charge in [0.1, 0.15) is 0 Å². The maximum absolute atomic E-state index is 5.64. The van der Waals surface area contributed by atoms with Gasteiger partial charge in [0, 0.05) is 51.5 Å². The Morgan fingerprint density at radius 1 is 0.400 bits per heavy atom. The van der Waals surface area contributed by atoms with Crippen molar-refractivity contribution in [1.29, 1.82) is 0 Å². The Kier molecular flexibility index (Phi) is 10.7. The van der Waals surface area contributed by atoms with Gasteiger partial charge in [-0.3, -0.25) is 0 Å². The van der Waals surface area contributed by atoms with Crippen LogP contribution in [0, 0.1) is 19.6 Å². The van der Waals surface area contributed by atoms with Crippen molar-refractivity contribution < 1.29 is 18.9 Å². The fourth-order valence-electron chi connectivity index (χ4n) is 6.06. The van der Waals surface area contributed by atoms with Crippen LogP contribution >= 0.6 is 90.5 Å². The molecule has 0 saturated carbocycles. The number of benzene rings is 3. The predicted octanol–water partition coefficient (Wildman–Crippen LogP) is 13.8. The molecular weight excluding hydrogens is 927 g/mol. The van der Waals surface area contributed by atoms with E-state index in [4.69, 9.17) is 18.9 Å². The Labute approximate surface area is 336 Å². The molecule has 0 amide bonds. The number of rotatable bonds is 10. The Morgan fingerprint density at radius 3 is 1.12 bits per heavy atom. The van der Waals surface area contributed by atoms with E-state index in [-0.39, 0.29) is 0 Å². The normalized spacial score (nSPS) is 11.2. The van der Waals surface area contributed by atoms with Gasteiger partial charge in [0.15, 0.2) is 23.0 Å². The fourth-order valence-corrected chi connectivity index (χ4v) is 12.2. The van der Waals surface area contributed by atoms with E-state index >= 15 is 0 Å². The second kappa shape index (κ2) is 15.0. The van der Waals surface area contributed by atoms with Crippen molar-refractivity contribution in [2.75, 3.05) is 28.4 Å². The third kappa shape index (κ3) is 6.86. The van der Waals surface area contributed by atoms with Gasteiger partial charge in [-0.05, 0) is 166 Å². The van der Waals surface area contributed by atoms with Crippen LogP contribution in [0.2, 0.25) is 0 Å². The molecule has 0 aliphatic rings. The van der Waals surface area contributed by atoms with Crippen LogP contribution in [0.3, 0.4) is 0 Å². The highest BCUT2D eigenvalue weighted by Gasteiger charge is 2.23. The topological polar surface area (TPSA) is 36.9 Å². The molecule has 4 nitrogen and oxygen atoms in total. The van der Waals surface area contributed by atoms with Crippen molar-refractivity contribution in [3.05, 3.63) is 102 Å². The molecule has 7 rings (SSSR count). The Hall–Kier alpha value is -2.88. The van der Waals surface area contributed by atoms with Crippen LogP contribution in [0.1, 0.15) is 11.1 Å². The predicted molar refractivity (Wildman–Crippen MR) is 232 cm³/mol. The first-order valence-electron chi connectivity index (χ1n) is 15.6. The third-order valence-corrected chi connectivity index (χ3v) is 14.9. The molecule has 4 aromatic heterocycles. The van der Waals surface area contributed by atoms with Crippen molar-refractivity contribution in [2.45, 2.75) is 13.8 Å². The summed E-state index contributed by atoms with van der Waals surface area (Å²) in [4.78, 5) is 7.40. The minimum Gasteiger partial charge on any atom is -0.493 e. The molecule has 0 aliphatic heterocycles. The molecule has 0 N–H and O–H groups in total.